The first kappa shape index (κ1) is 13.7. The van der Waals surface area contributed by atoms with Crippen molar-refractivity contribution in [3.05, 3.63) is 35.2 Å². The molecule has 0 aliphatic carbocycles. The number of nitrogens with zero attached hydrogens (tertiary/aromatic N) is 2. The maximum atomic E-state index is 6.36. The van der Waals surface area contributed by atoms with Crippen LogP contribution in [0, 0.1) is 20.8 Å². The lowest BCUT2D eigenvalue weighted by atomic mass is 10.00. The van der Waals surface area contributed by atoms with Gasteiger partial charge in [-0.05, 0) is 52.7 Å². The molecule has 0 aliphatic rings. The van der Waals surface area contributed by atoms with Crippen LogP contribution in [0.15, 0.2) is 18.2 Å². The molecule has 0 atom stereocenters. The summed E-state index contributed by atoms with van der Waals surface area (Å²) in [6.45, 7) is 12.7. The van der Waals surface area contributed by atoms with Gasteiger partial charge in [0.2, 0.25) is 0 Å². The Morgan fingerprint density at radius 3 is 2.00 bits per heavy atom. The minimum Gasteiger partial charge on any atom is -0.383 e. The van der Waals surface area contributed by atoms with E-state index in [1.807, 2.05) is 6.92 Å². The lowest BCUT2D eigenvalue weighted by Crippen LogP contribution is -2.24. The van der Waals surface area contributed by atoms with E-state index in [-0.39, 0.29) is 5.54 Å². The van der Waals surface area contributed by atoms with Crippen LogP contribution in [-0.2, 0) is 5.54 Å². The first-order chi connectivity index (χ1) is 8.73. The van der Waals surface area contributed by atoms with Gasteiger partial charge >= 0.3 is 0 Å². The molecule has 2 N–H and O–H groups in total. The fourth-order valence-corrected chi connectivity index (χ4v) is 2.77. The quantitative estimate of drug-likeness (QED) is 0.844. The number of anilines is 1. The van der Waals surface area contributed by atoms with Crippen molar-refractivity contribution in [3.8, 4) is 11.3 Å². The van der Waals surface area contributed by atoms with Crippen LogP contribution in [0.4, 0.5) is 5.82 Å². The van der Waals surface area contributed by atoms with Crippen molar-refractivity contribution in [1.29, 1.82) is 0 Å². The molecule has 0 saturated carbocycles. The summed E-state index contributed by atoms with van der Waals surface area (Å²) in [4.78, 5) is 4.71. The number of aryl methyl sites for hydroxylation is 3. The van der Waals surface area contributed by atoms with Crippen molar-refractivity contribution in [3.63, 3.8) is 0 Å². The molecule has 0 bridgehead atoms. The molecule has 19 heavy (non-hydrogen) atoms. The lowest BCUT2D eigenvalue weighted by molar-refractivity contribution is 0.393. The maximum absolute atomic E-state index is 6.36. The topological polar surface area (TPSA) is 43.8 Å². The minimum atomic E-state index is -0.0595. The second-order valence-corrected chi connectivity index (χ2v) is 6.17. The first-order valence-electron chi connectivity index (χ1n) is 6.65. The van der Waals surface area contributed by atoms with Crippen LogP contribution in [0.2, 0.25) is 0 Å². The van der Waals surface area contributed by atoms with E-state index in [1.54, 1.807) is 0 Å². The fraction of sp³-hybridized carbons (Fsp3) is 0.438. The smallest absolute Gasteiger partial charge is 0.132 e. The van der Waals surface area contributed by atoms with E-state index >= 15 is 0 Å². The summed E-state index contributed by atoms with van der Waals surface area (Å²) in [5.41, 5.74) is 10.8. The zero-order chi connectivity index (χ0) is 14.4. The summed E-state index contributed by atoms with van der Waals surface area (Å²) in [5.74, 6) is 1.71. The number of hydrogen-bond donors (Lipinski definition) is 1. The van der Waals surface area contributed by atoms with E-state index in [0.717, 1.165) is 22.9 Å². The molecule has 3 heteroatoms. The van der Waals surface area contributed by atoms with Crippen molar-refractivity contribution in [2.24, 2.45) is 0 Å². The summed E-state index contributed by atoms with van der Waals surface area (Å²) < 4.78 is 2.11. The predicted molar refractivity (Wildman–Crippen MR) is 81.3 cm³/mol. The van der Waals surface area contributed by atoms with Crippen molar-refractivity contribution in [1.82, 2.24) is 9.55 Å². The van der Waals surface area contributed by atoms with Gasteiger partial charge in [-0.1, -0.05) is 18.2 Å². The molecule has 0 spiro atoms. The van der Waals surface area contributed by atoms with Gasteiger partial charge in [-0.2, -0.15) is 0 Å². The SMILES string of the molecule is Cc1cccc(C)c1-c1nc(C)n(C(C)(C)C)c1N. The van der Waals surface area contributed by atoms with Gasteiger partial charge in [0.25, 0.3) is 0 Å². The molecule has 1 aromatic carbocycles. The predicted octanol–water partition coefficient (Wildman–Crippen LogP) is 3.81. The van der Waals surface area contributed by atoms with Crippen LogP contribution in [-0.4, -0.2) is 9.55 Å². The highest BCUT2D eigenvalue weighted by Gasteiger charge is 2.23. The zero-order valence-electron chi connectivity index (χ0n) is 12.7. The number of hydrogen-bond acceptors (Lipinski definition) is 2. The molecule has 1 heterocycles. The van der Waals surface area contributed by atoms with E-state index in [4.69, 9.17) is 10.7 Å². The fourth-order valence-electron chi connectivity index (χ4n) is 2.77. The largest absolute Gasteiger partial charge is 0.383 e. The minimum absolute atomic E-state index is 0.0595. The Morgan fingerprint density at radius 2 is 1.58 bits per heavy atom. The Morgan fingerprint density at radius 1 is 1.05 bits per heavy atom. The van der Waals surface area contributed by atoms with Crippen molar-refractivity contribution in [2.45, 2.75) is 47.1 Å². The van der Waals surface area contributed by atoms with E-state index < -0.39 is 0 Å². The highest BCUT2D eigenvalue weighted by atomic mass is 15.2. The molecule has 0 radical (unpaired) electrons. The van der Waals surface area contributed by atoms with E-state index in [1.165, 1.54) is 11.1 Å². The number of nitrogen functional groups attached to an aromatic ring is 1. The normalized spacial score (nSPS) is 11.9. The zero-order valence-corrected chi connectivity index (χ0v) is 12.7. The Labute approximate surface area is 115 Å². The molecule has 0 unspecified atom stereocenters. The molecule has 0 amide bonds. The molecule has 0 saturated heterocycles. The van der Waals surface area contributed by atoms with E-state index in [0.29, 0.717) is 0 Å². The monoisotopic (exact) mass is 257 g/mol. The van der Waals surface area contributed by atoms with Crippen molar-refractivity contribution in [2.75, 3.05) is 5.73 Å². The number of imidazole rings is 1. The van der Waals surface area contributed by atoms with E-state index in [9.17, 15) is 0 Å². The number of benzene rings is 1. The van der Waals surface area contributed by atoms with Gasteiger partial charge in [-0.3, -0.25) is 0 Å². The second-order valence-electron chi connectivity index (χ2n) is 6.17. The molecule has 2 rings (SSSR count). The van der Waals surface area contributed by atoms with Gasteiger partial charge in [-0.25, -0.2) is 4.98 Å². The van der Waals surface area contributed by atoms with Gasteiger partial charge in [0.1, 0.15) is 17.3 Å². The van der Waals surface area contributed by atoms with Crippen LogP contribution in [0.3, 0.4) is 0 Å². The van der Waals surface area contributed by atoms with Gasteiger partial charge in [0, 0.05) is 11.1 Å². The molecule has 1 aromatic heterocycles. The summed E-state index contributed by atoms with van der Waals surface area (Å²) in [6.07, 6.45) is 0. The van der Waals surface area contributed by atoms with Crippen molar-refractivity contribution >= 4 is 5.82 Å². The highest BCUT2D eigenvalue weighted by Crippen LogP contribution is 2.34. The molecule has 0 aliphatic heterocycles. The third-order valence-corrected chi connectivity index (χ3v) is 3.47. The highest BCUT2D eigenvalue weighted by molar-refractivity contribution is 5.76. The van der Waals surface area contributed by atoms with Crippen LogP contribution in [0.1, 0.15) is 37.7 Å². The van der Waals surface area contributed by atoms with Gasteiger partial charge < -0.3 is 10.3 Å². The Kier molecular flexibility index (Phi) is 3.17. The van der Waals surface area contributed by atoms with Crippen LogP contribution in [0.5, 0.6) is 0 Å². The third-order valence-electron chi connectivity index (χ3n) is 3.47. The van der Waals surface area contributed by atoms with Crippen LogP contribution in [0.25, 0.3) is 11.3 Å². The number of nitrogens with two attached hydrogens (primary N) is 1. The number of rotatable bonds is 1. The summed E-state index contributed by atoms with van der Waals surface area (Å²) in [5, 5.41) is 0. The van der Waals surface area contributed by atoms with Crippen LogP contribution < -0.4 is 5.73 Å². The average molecular weight is 257 g/mol. The average Bonchev–Trinajstić information content (AvgIpc) is 2.53. The summed E-state index contributed by atoms with van der Waals surface area (Å²) in [7, 11) is 0. The Bertz CT molecular complexity index is 595. The number of aromatic nitrogens is 2. The van der Waals surface area contributed by atoms with E-state index in [2.05, 4.69) is 57.4 Å². The molecular weight excluding hydrogens is 234 g/mol. The Hall–Kier alpha value is -1.77. The molecule has 3 nitrogen and oxygen atoms in total. The molecule has 0 fully saturated rings. The standard InChI is InChI=1S/C16H23N3/c1-10-8-7-9-11(2)13(10)14-15(17)19(12(3)18-14)16(4,5)6/h7-9H,17H2,1-6H3. The van der Waals surface area contributed by atoms with Gasteiger partial charge in [0.05, 0.1) is 0 Å². The first-order valence-corrected chi connectivity index (χ1v) is 6.65. The summed E-state index contributed by atoms with van der Waals surface area (Å²) >= 11 is 0. The van der Waals surface area contributed by atoms with Crippen LogP contribution >= 0.6 is 0 Å². The Balaban J connectivity index is 2.73. The maximum Gasteiger partial charge on any atom is 0.132 e. The summed E-state index contributed by atoms with van der Waals surface area (Å²) in [6, 6.07) is 6.28. The lowest BCUT2D eigenvalue weighted by Gasteiger charge is -2.24. The van der Waals surface area contributed by atoms with Crippen molar-refractivity contribution < 1.29 is 0 Å². The second kappa shape index (κ2) is 4.41. The van der Waals surface area contributed by atoms with Gasteiger partial charge in [0.15, 0.2) is 0 Å². The third kappa shape index (κ3) is 2.25. The molecular formula is C16H23N3. The molecule has 102 valence electrons. The van der Waals surface area contributed by atoms with Gasteiger partial charge in [-0.15, -0.1) is 0 Å². The molecule has 2 aromatic rings.